The largest absolute Gasteiger partial charge is 0.462 e. The van der Waals surface area contributed by atoms with Gasteiger partial charge in [-0.05, 0) is 68.9 Å². The SMILES string of the molecule is CCOC(=O)c1cc(NC(=O)C2(c3ccc(C(F)(F)F)cc3F)CC2)ccc1-c1cnn(C2CCC2)c1. The molecule has 3 aromatic rings. The molecule has 37 heavy (non-hydrogen) atoms. The number of amides is 1. The number of anilines is 1. The molecule has 5 rings (SSSR count). The summed E-state index contributed by atoms with van der Waals surface area (Å²) in [6.07, 6.45) is 2.73. The van der Waals surface area contributed by atoms with Crippen molar-refractivity contribution < 1.29 is 31.9 Å². The van der Waals surface area contributed by atoms with Crippen LogP contribution in [-0.4, -0.2) is 28.3 Å². The molecule has 6 nitrogen and oxygen atoms in total. The summed E-state index contributed by atoms with van der Waals surface area (Å²) in [4.78, 5) is 26.0. The van der Waals surface area contributed by atoms with Gasteiger partial charge in [-0.15, -0.1) is 0 Å². The fourth-order valence-electron chi connectivity index (χ4n) is 4.65. The number of halogens is 4. The number of aromatic nitrogens is 2. The highest BCUT2D eigenvalue weighted by Gasteiger charge is 2.53. The van der Waals surface area contributed by atoms with Gasteiger partial charge in [-0.1, -0.05) is 12.1 Å². The maximum atomic E-state index is 14.7. The summed E-state index contributed by atoms with van der Waals surface area (Å²) in [7, 11) is 0. The summed E-state index contributed by atoms with van der Waals surface area (Å²) >= 11 is 0. The van der Waals surface area contributed by atoms with Crippen LogP contribution in [-0.2, 0) is 21.1 Å². The van der Waals surface area contributed by atoms with Gasteiger partial charge >= 0.3 is 12.1 Å². The number of nitrogens with zero attached hydrogens (tertiary/aromatic N) is 2. The van der Waals surface area contributed by atoms with Gasteiger partial charge in [0.15, 0.2) is 0 Å². The summed E-state index contributed by atoms with van der Waals surface area (Å²) in [5.74, 6) is -2.19. The van der Waals surface area contributed by atoms with E-state index in [0.29, 0.717) is 36.2 Å². The lowest BCUT2D eigenvalue weighted by molar-refractivity contribution is -0.137. The van der Waals surface area contributed by atoms with Gasteiger partial charge in [-0.25, -0.2) is 9.18 Å². The first-order chi connectivity index (χ1) is 17.6. The van der Waals surface area contributed by atoms with E-state index in [4.69, 9.17) is 4.74 Å². The van der Waals surface area contributed by atoms with Crippen LogP contribution in [0.2, 0.25) is 0 Å². The van der Waals surface area contributed by atoms with Crippen molar-refractivity contribution in [3.05, 3.63) is 71.3 Å². The van der Waals surface area contributed by atoms with Crippen LogP contribution in [0.1, 0.15) is 66.6 Å². The lowest BCUT2D eigenvalue weighted by atomic mass is 9.92. The normalized spacial score (nSPS) is 16.7. The third-order valence-electron chi connectivity index (χ3n) is 7.13. The van der Waals surface area contributed by atoms with Crippen molar-refractivity contribution >= 4 is 17.6 Å². The number of esters is 1. The highest BCUT2D eigenvalue weighted by atomic mass is 19.4. The van der Waals surface area contributed by atoms with E-state index in [1.54, 1.807) is 25.3 Å². The van der Waals surface area contributed by atoms with Gasteiger partial charge in [-0.3, -0.25) is 9.48 Å². The highest BCUT2D eigenvalue weighted by Crippen LogP contribution is 2.50. The van der Waals surface area contributed by atoms with E-state index in [1.807, 2.05) is 10.9 Å². The Kier molecular flexibility index (Phi) is 6.29. The third-order valence-corrected chi connectivity index (χ3v) is 7.13. The van der Waals surface area contributed by atoms with E-state index >= 15 is 0 Å². The standard InChI is InChI=1S/C27H25F4N3O3/c1-2-37-24(35)21-13-18(7-8-20(21)16-14-32-34(15-16)19-4-3-5-19)33-25(36)26(10-11-26)22-9-6-17(12-23(22)28)27(29,30)31/h6-9,12-15,19H,2-5,10-11H2,1H3,(H,33,36). The Bertz CT molecular complexity index is 1360. The van der Waals surface area contributed by atoms with Gasteiger partial charge in [0.25, 0.3) is 0 Å². The first-order valence-corrected chi connectivity index (χ1v) is 12.2. The molecule has 194 valence electrons. The molecule has 2 aliphatic rings. The van der Waals surface area contributed by atoms with Crippen LogP contribution in [0.5, 0.6) is 0 Å². The molecule has 0 unspecified atom stereocenters. The molecule has 1 N–H and O–H groups in total. The van der Waals surface area contributed by atoms with Gasteiger partial charge in [-0.2, -0.15) is 18.3 Å². The van der Waals surface area contributed by atoms with Crippen LogP contribution < -0.4 is 5.32 Å². The topological polar surface area (TPSA) is 73.2 Å². The second-order valence-corrected chi connectivity index (χ2v) is 9.50. The molecule has 0 spiro atoms. The van der Waals surface area contributed by atoms with E-state index in [2.05, 4.69) is 10.4 Å². The average Bonchev–Trinajstić information content (AvgIpc) is 3.49. The van der Waals surface area contributed by atoms with Crippen molar-refractivity contribution in [3.63, 3.8) is 0 Å². The Labute approximate surface area is 210 Å². The zero-order valence-electron chi connectivity index (χ0n) is 20.1. The molecule has 1 heterocycles. The quantitative estimate of drug-likeness (QED) is 0.297. The molecule has 2 aromatic carbocycles. The molecule has 10 heteroatoms. The summed E-state index contributed by atoms with van der Waals surface area (Å²) in [5.41, 5.74) is -0.597. The van der Waals surface area contributed by atoms with Gasteiger partial charge in [0.1, 0.15) is 5.82 Å². The van der Waals surface area contributed by atoms with E-state index in [0.717, 1.165) is 37.0 Å². The summed E-state index contributed by atoms with van der Waals surface area (Å²) in [6.45, 7) is 1.85. The zero-order valence-corrected chi connectivity index (χ0v) is 20.1. The predicted octanol–water partition coefficient (Wildman–Crippen LogP) is 6.28. The molecule has 0 bridgehead atoms. The van der Waals surface area contributed by atoms with Gasteiger partial charge in [0.05, 0.1) is 35.4 Å². The second kappa shape index (κ2) is 9.32. The molecule has 1 aromatic heterocycles. The molecule has 0 atom stereocenters. The van der Waals surface area contributed by atoms with E-state index in [9.17, 15) is 27.2 Å². The first-order valence-electron chi connectivity index (χ1n) is 12.2. The van der Waals surface area contributed by atoms with Crippen molar-refractivity contribution in [2.45, 2.75) is 56.7 Å². The number of hydrogen-bond donors (Lipinski definition) is 1. The molecule has 2 fully saturated rings. The molecular formula is C27H25F4N3O3. The maximum Gasteiger partial charge on any atom is 0.416 e. The van der Waals surface area contributed by atoms with Crippen LogP contribution in [0, 0.1) is 5.82 Å². The minimum absolute atomic E-state index is 0.0800. The zero-order chi connectivity index (χ0) is 26.4. The predicted molar refractivity (Wildman–Crippen MR) is 127 cm³/mol. The summed E-state index contributed by atoms with van der Waals surface area (Å²) in [5, 5.41) is 7.14. The molecule has 0 aliphatic heterocycles. The summed E-state index contributed by atoms with van der Waals surface area (Å²) in [6, 6.07) is 7.36. The van der Waals surface area contributed by atoms with Crippen molar-refractivity contribution in [1.29, 1.82) is 0 Å². The number of alkyl halides is 3. The Morgan fingerprint density at radius 3 is 2.51 bits per heavy atom. The fraction of sp³-hybridized carbons (Fsp3) is 0.370. The lowest BCUT2D eigenvalue weighted by Crippen LogP contribution is -2.29. The molecular weight excluding hydrogens is 490 g/mol. The number of rotatable bonds is 7. The molecule has 0 radical (unpaired) electrons. The van der Waals surface area contributed by atoms with Crippen LogP contribution in [0.15, 0.2) is 48.8 Å². The van der Waals surface area contributed by atoms with E-state index in [1.165, 1.54) is 6.07 Å². The first kappa shape index (κ1) is 25.0. The third kappa shape index (κ3) is 4.72. The second-order valence-electron chi connectivity index (χ2n) is 9.50. The van der Waals surface area contributed by atoms with Crippen molar-refractivity contribution in [2.75, 3.05) is 11.9 Å². The Hall–Kier alpha value is -3.69. The van der Waals surface area contributed by atoms with Gasteiger partial charge in [0, 0.05) is 23.0 Å². The Morgan fingerprint density at radius 2 is 1.92 bits per heavy atom. The van der Waals surface area contributed by atoms with Crippen LogP contribution in [0.25, 0.3) is 11.1 Å². The average molecular weight is 516 g/mol. The molecule has 1 amide bonds. The van der Waals surface area contributed by atoms with Crippen LogP contribution in [0.4, 0.5) is 23.2 Å². The number of carbonyl (C=O) groups is 2. The highest BCUT2D eigenvalue weighted by molar-refractivity contribution is 6.04. The Morgan fingerprint density at radius 1 is 1.16 bits per heavy atom. The number of ether oxygens (including phenoxy) is 1. The van der Waals surface area contributed by atoms with Crippen LogP contribution >= 0.6 is 0 Å². The molecule has 2 saturated carbocycles. The minimum Gasteiger partial charge on any atom is -0.462 e. The van der Waals surface area contributed by atoms with E-state index < -0.39 is 34.8 Å². The number of carbonyl (C=O) groups excluding carboxylic acids is 2. The van der Waals surface area contributed by atoms with Crippen molar-refractivity contribution in [2.24, 2.45) is 0 Å². The number of benzene rings is 2. The minimum atomic E-state index is -4.68. The van der Waals surface area contributed by atoms with Gasteiger partial charge < -0.3 is 10.1 Å². The fourth-order valence-corrected chi connectivity index (χ4v) is 4.65. The Balaban J connectivity index is 1.41. The lowest BCUT2D eigenvalue weighted by Gasteiger charge is -2.25. The van der Waals surface area contributed by atoms with Crippen molar-refractivity contribution in [3.8, 4) is 11.1 Å². The smallest absolute Gasteiger partial charge is 0.416 e. The van der Waals surface area contributed by atoms with Crippen LogP contribution in [0.3, 0.4) is 0 Å². The number of hydrogen-bond acceptors (Lipinski definition) is 4. The van der Waals surface area contributed by atoms with Crippen molar-refractivity contribution in [1.82, 2.24) is 9.78 Å². The molecule has 0 saturated heterocycles. The van der Waals surface area contributed by atoms with E-state index in [-0.39, 0.29) is 17.7 Å². The van der Waals surface area contributed by atoms with Gasteiger partial charge in [0.2, 0.25) is 5.91 Å². The monoisotopic (exact) mass is 515 g/mol. The number of nitrogens with one attached hydrogen (secondary N) is 1. The maximum absolute atomic E-state index is 14.7. The molecule has 2 aliphatic carbocycles. The summed E-state index contributed by atoms with van der Waals surface area (Å²) < 4.78 is 60.6.